The van der Waals surface area contributed by atoms with E-state index >= 15 is 0 Å². The van der Waals surface area contributed by atoms with Crippen LogP contribution in [-0.2, 0) is 11.0 Å². The van der Waals surface area contributed by atoms with Gasteiger partial charge < -0.3 is 15.1 Å². The summed E-state index contributed by atoms with van der Waals surface area (Å²) < 4.78 is 39.7. The standard InChI is InChI=1S/C23H26ClF3N6O3/c24-16-1-4-21(28-14-16)31-11-9-30(10-12-31)7-6-22(34)32-8-5-18(15-32)29-17-2-3-20(33(35)36)19(13-17)23(25,26)27/h1-4,13-14,18,29H,5-12,15H2/t18-/m1/s1. The van der Waals surface area contributed by atoms with Crippen LogP contribution < -0.4 is 10.2 Å². The lowest BCUT2D eigenvalue weighted by molar-refractivity contribution is -0.388. The number of nitro benzene ring substituents is 1. The second kappa shape index (κ2) is 10.9. The first-order valence-corrected chi connectivity index (χ1v) is 12.0. The van der Waals surface area contributed by atoms with E-state index in [0.29, 0.717) is 37.5 Å². The molecule has 1 aromatic carbocycles. The molecule has 194 valence electrons. The summed E-state index contributed by atoms with van der Waals surface area (Å²) in [7, 11) is 0. The van der Waals surface area contributed by atoms with Crippen molar-refractivity contribution in [3.8, 4) is 0 Å². The topological polar surface area (TPSA) is 94.9 Å². The summed E-state index contributed by atoms with van der Waals surface area (Å²) in [6.07, 6.45) is -2.27. The Labute approximate surface area is 211 Å². The van der Waals surface area contributed by atoms with Gasteiger partial charge in [-0.25, -0.2) is 4.98 Å². The van der Waals surface area contributed by atoms with E-state index in [1.165, 1.54) is 6.07 Å². The van der Waals surface area contributed by atoms with Gasteiger partial charge >= 0.3 is 6.18 Å². The number of nitro groups is 1. The Kier molecular flexibility index (Phi) is 7.84. The molecule has 2 aliphatic rings. The Morgan fingerprint density at radius 3 is 2.56 bits per heavy atom. The Hall–Kier alpha value is -3.12. The zero-order chi connectivity index (χ0) is 25.9. The van der Waals surface area contributed by atoms with Crippen LogP contribution in [0.2, 0.25) is 5.02 Å². The maximum Gasteiger partial charge on any atom is 0.423 e. The van der Waals surface area contributed by atoms with Gasteiger partial charge in [-0.2, -0.15) is 13.2 Å². The van der Waals surface area contributed by atoms with Gasteiger partial charge in [-0.15, -0.1) is 0 Å². The van der Waals surface area contributed by atoms with Crippen molar-refractivity contribution in [1.82, 2.24) is 14.8 Å². The van der Waals surface area contributed by atoms with Gasteiger partial charge in [0, 0.05) is 76.2 Å². The number of piperazine rings is 1. The van der Waals surface area contributed by atoms with E-state index in [9.17, 15) is 28.1 Å². The summed E-state index contributed by atoms with van der Waals surface area (Å²) in [6.45, 7) is 4.72. The minimum atomic E-state index is -4.84. The Balaban J connectivity index is 1.23. The molecule has 0 saturated carbocycles. The minimum Gasteiger partial charge on any atom is -0.380 e. The van der Waals surface area contributed by atoms with Gasteiger partial charge in [-0.1, -0.05) is 11.6 Å². The number of hydrogen-bond acceptors (Lipinski definition) is 7. The smallest absolute Gasteiger partial charge is 0.380 e. The molecular formula is C23H26ClF3N6O3. The first-order valence-electron chi connectivity index (χ1n) is 11.6. The molecule has 1 amide bonds. The van der Waals surface area contributed by atoms with Crippen LogP contribution >= 0.6 is 11.6 Å². The van der Waals surface area contributed by atoms with Crippen molar-refractivity contribution >= 4 is 34.7 Å². The number of carbonyl (C=O) groups is 1. The van der Waals surface area contributed by atoms with Gasteiger partial charge in [0.1, 0.15) is 11.4 Å². The summed E-state index contributed by atoms with van der Waals surface area (Å²) in [5.74, 6) is 0.877. The number of nitrogens with one attached hydrogen (secondary N) is 1. The highest BCUT2D eigenvalue weighted by Crippen LogP contribution is 2.37. The molecule has 0 unspecified atom stereocenters. The SMILES string of the molecule is O=C(CCN1CCN(c2ccc(Cl)cn2)CC1)N1CC[C@@H](Nc2ccc([N+](=O)[O-])c(C(F)(F)F)c2)C1. The zero-order valence-corrected chi connectivity index (χ0v) is 20.1. The summed E-state index contributed by atoms with van der Waals surface area (Å²) in [5, 5.41) is 14.5. The lowest BCUT2D eigenvalue weighted by atomic mass is 10.1. The summed E-state index contributed by atoms with van der Waals surface area (Å²) in [6, 6.07) is 6.33. The molecule has 2 aliphatic heterocycles. The van der Waals surface area contributed by atoms with Crippen LogP contribution in [0.3, 0.4) is 0 Å². The number of pyridine rings is 1. The van der Waals surface area contributed by atoms with Crippen LogP contribution in [0.1, 0.15) is 18.4 Å². The monoisotopic (exact) mass is 526 g/mol. The van der Waals surface area contributed by atoms with Gasteiger partial charge in [-0.05, 0) is 30.7 Å². The quantitative estimate of drug-likeness (QED) is 0.432. The number of alkyl halides is 3. The van der Waals surface area contributed by atoms with Crippen molar-refractivity contribution in [1.29, 1.82) is 0 Å². The third-order valence-electron chi connectivity index (χ3n) is 6.46. The molecule has 0 bridgehead atoms. The number of carbonyl (C=O) groups excluding carboxylic acids is 1. The van der Waals surface area contributed by atoms with Crippen molar-refractivity contribution in [2.45, 2.75) is 25.1 Å². The van der Waals surface area contributed by atoms with Crippen molar-refractivity contribution in [3.63, 3.8) is 0 Å². The predicted octanol–water partition coefficient (Wildman–Crippen LogP) is 3.89. The van der Waals surface area contributed by atoms with Gasteiger partial charge in [0.25, 0.3) is 5.69 Å². The molecule has 3 heterocycles. The van der Waals surface area contributed by atoms with E-state index in [-0.39, 0.29) is 17.6 Å². The van der Waals surface area contributed by atoms with Crippen LogP contribution in [0.15, 0.2) is 36.5 Å². The normalized spacial score (nSPS) is 18.9. The van der Waals surface area contributed by atoms with Crippen LogP contribution in [0.5, 0.6) is 0 Å². The molecule has 4 rings (SSSR count). The number of aromatic nitrogens is 1. The van der Waals surface area contributed by atoms with Crippen molar-refractivity contribution in [2.24, 2.45) is 0 Å². The third-order valence-corrected chi connectivity index (χ3v) is 6.68. The number of halogens is 4. The highest BCUT2D eigenvalue weighted by atomic mass is 35.5. The molecule has 2 fully saturated rings. The Bertz CT molecular complexity index is 1090. The van der Waals surface area contributed by atoms with E-state index in [2.05, 4.69) is 20.1 Å². The number of amides is 1. The number of anilines is 2. The highest BCUT2D eigenvalue weighted by Gasteiger charge is 2.38. The molecule has 36 heavy (non-hydrogen) atoms. The maximum absolute atomic E-state index is 13.2. The number of nitrogens with zero attached hydrogens (tertiary/aromatic N) is 5. The number of rotatable bonds is 7. The van der Waals surface area contributed by atoms with Gasteiger partial charge in [-0.3, -0.25) is 19.8 Å². The first kappa shape index (κ1) is 26.0. The second-order valence-corrected chi connectivity index (χ2v) is 9.31. The third kappa shape index (κ3) is 6.35. The lowest BCUT2D eigenvalue weighted by Gasteiger charge is -2.35. The molecule has 9 nitrogen and oxygen atoms in total. The zero-order valence-electron chi connectivity index (χ0n) is 19.4. The summed E-state index contributed by atoms with van der Waals surface area (Å²) in [5.41, 5.74) is -2.14. The van der Waals surface area contributed by atoms with Crippen LogP contribution in [0.25, 0.3) is 0 Å². The van der Waals surface area contributed by atoms with E-state index in [1.54, 1.807) is 11.1 Å². The van der Waals surface area contributed by atoms with Crippen molar-refractivity contribution in [2.75, 3.05) is 56.0 Å². The van der Waals surface area contributed by atoms with E-state index in [4.69, 9.17) is 11.6 Å². The van der Waals surface area contributed by atoms with Crippen LogP contribution in [-0.4, -0.2) is 77.5 Å². The maximum atomic E-state index is 13.2. The first-order chi connectivity index (χ1) is 17.1. The summed E-state index contributed by atoms with van der Waals surface area (Å²) in [4.78, 5) is 33.1. The van der Waals surface area contributed by atoms with Crippen LogP contribution in [0, 0.1) is 10.1 Å². The minimum absolute atomic E-state index is 0.000720. The molecule has 1 aromatic heterocycles. The molecule has 0 aliphatic carbocycles. The van der Waals surface area contributed by atoms with E-state index in [0.717, 1.165) is 44.1 Å². The predicted molar refractivity (Wildman–Crippen MR) is 129 cm³/mol. The largest absolute Gasteiger partial charge is 0.423 e. The van der Waals surface area contributed by atoms with E-state index in [1.807, 2.05) is 12.1 Å². The van der Waals surface area contributed by atoms with E-state index < -0.39 is 22.4 Å². The molecule has 2 aromatic rings. The fraction of sp³-hybridized carbons (Fsp3) is 0.478. The fourth-order valence-electron chi connectivity index (χ4n) is 4.52. The molecule has 1 atom stereocenters. The lowest BCUT2D eigenvalue weighted by Crippen LogP contribution is -2.47. The molecule has 0 spiro atoms. The molecular weight excluding hydrogens is 501 g/mol. The average Bonchev–Trinajstić information content (AvgIpc) is 3.31. The van der Waals surface area contributed by atoms with Crippen molar-refractivity contribution in [3.05, 3.63) is 57.2 Å². The molecule has 0 radical (unpaired) electrons. The molecule has 1 N–H and O–H groups in total. The number of likely N-dealkylation sites (tertiary alicyclic amines) is 1. The Morgan fingerprint density at radius 1 is 1.17 bits per heavy atom. The highest BCUT2D eigenvalue weighted by molar-refractivity contribution is 6.30. The van der Waals surface area contributed by atoms with Gasteiger partial charge in [0.2, 0.25) is 5.91 Å². The number of benzene rings is 1. The number of hydrogen-bond donors (Lipinski definition) is 1. The second-order valence-electron chi connectivity index (χ2n) is 8.87. The molecule has 2 saturated heterocycles. The average molecular weight is 527 g/mol. The van der Waals surface area contributed by atoms with Crippen LogP contribution in [0.4, 0.5) is 30.4 Å². The van der Waals surface area contributed by atoms with Gasteiger partial charge in [0.15, 0.2) is 0 Å². The van der Waals surface area contributed by atoms with Gasteiger partial charge in [0.05, 0.1) is 9.95 Å². The Morgan fingerprint density at radius 2 is 1.92 bits per heavy atom. The fourth-order valence-corrected chi connectivity index (χ4v) is 4.63. The summed E-state index contributed by atoms with van der Waals surface area (Å²) >= 11 is 5.89. The molecule has 13 heteroatoms. The van der Waals surface area contributed by atoms with Crippen molar-refractivity contribution < 1.29 is 22.9 Å².